The van der Waals surface area contributed by atoms with Crippen molar-refractivity contribution >= 4 is 6.09 Å². The van der Waals surface area contributed by atoms with Crippen LogP contribution in [0.4, 0.5) is 4.79 Å². The number of fused-ring (bicyclic) bond motifs is 3. The highest BCUT2D eigenvalue weighted by Crippen LogP contribution is 2.65. The number of piperidine rings is 4. The molecule has 148 valence electrons. The smallest absolute Gasteiger partial charge is 0.410 e. The number of nitrogens with zero attached hydrogens (tertiary/aromatic N) is 2. The molecule has 6 rings (SSSR count). The largest absolute Gasteiger partial charge is 0.444 e. The van der Waals surface area contributed by atoms with Crippen LogP contribution in [0.25, 0.3) is 0 Å². The molecule has 2 aliphatic carbocycles. The fraction of sp³-hybridized carbons (Fsp3) is 0.542. The maximum Gasteiger partial charge on any atom is 0.410 e. The average molecular weight is 379 g/mol. The normalized spacial score (nSPS) is 40.5. The molecule has 5 fully saturated rings. The fourth-order valence-electron chi connectivity index (χ4n) is 5.91. The van der Waals surface area contributed by atoms with Crippen molar-refractivity contribution in [1.82, 2.24) is 9.80 Å². The van der Waals surface area contributed by atoms with Gasteiger partial charge in [-0.3, -0.25) is 9.80 Å². The molecule has 6 aliphatic rings. The van der Waals surface area contributed by atoms with Crippen LogP contribution < -0.4 is 0 Å². The Morgan fingerprint density at radius 3 is 2.82 bits per heavy atom. The van der Waals surface area contributed by atoms with Crippen molar-refractivity contribution in [2.45, 2.75) is 37.8 Å². The Hall–Kier alpha value is -2.07. The van der Waals surface area contributed by atoms with Gasteiger partial charge in [0.25, 0.3) is 0 Å². The molecule has 4 heteroatoms. The van der Waals surface area contributed by atoms with Crippen molar-refractivity contribution in [2.75, 3.05) is 26.2 Å². The number of hydrogen-bond acceptors (Lipinski definition) is 3. The number of amides is 1. The van der Waals surface area contributed by atoms with E-state index in [0.29, 0.717) is 11.8 Å². The molecule has 2 bridgehead atoms. The van der Waals surface area contributed by atoms with Crippen LogP contribution >= 0.6 is 0 Å². The first-order valence-electron chi connectivity index (χ1n) is 10.7. The molecule has 28 heavy (non-hydrogen) atoms. The minimum atomic E-state index is -0.167. The summed E-state index contributed by atoms with van der Waals surface area (Å²) in [6, 6.07) is -0.103. The second-order valence-corrected chi connectivity index (χ2v) is 9.05. The van der Waals surface area contributed by atoms with Crippen molar-refractivity contribution in [1.29, 1.82) is 0 Å². The van der Waals surface area contributed by atoms with E-state index in [1.165, 1.54) is 12.0 Å². The highest BCUT2D eigenvalue weighted by Gasteiger charge is 2.60. The lowest BCUT2D eigenvalue weighted by Crippen LogP contribution is -2.55. The zero-order chi connectivity index (χ0) is 19.3. The molecule has 4 saturated heterocycles. The van der Waals surface area contributed by atoms with Gasteiger partial charge in [-0.25, -0.2) is 4.79 Å². The summed E-state index contributed by atoms with van der Waals surface area (Å²) in [6.07, 6.45) is 16.8. The van der Waals surface area contributed by atoms with E-state index in [4.69, 9.17) is 4.74 Å². The zero-order valence-electron chi connectivity index (χ0n) is 16.6. The number of hydrogen-bond donors (Lipinski definition) is 0. The quantitative estimate of drug-likeness (QED) is 0.691. The molecule has 0 aromatic rings. The van der Waals surface area contributed by atoms with E-state index in [0.717, 1.165) is 51.0 Å². The summed E-state index contributed by atoms with van der Waals surface area (Å²) in [7, 11) is 0. The molecule has 4 aliphatic heterocycles. The summed E-state index contributed by atoms with van der Waals surface area (Å²) in [4.78, 5) is 17.6. The minimum Gasteiger partial charge on any atom is -0.444 e. The lowest BCUT2D eigenvalue weighted by Gasteiger charge is -2.46. The molecule has 4 atom stereocenters. The van der Waals surface area contributed by atoms with Gasteiger partial charge in [0.15, 0.2) is 0 Å². The van der Waals surface area contributed by atoms with Crippen LogP contribution in [-0.2, 0) is 4.74 Å². The summed E-state index contributed by atoms with van der Waals surface area (Å²) < 4.78 is 6.09. The SMILES string of the molecule is C=C/C=C\C(=C)[C@H]1C2=CC=CC3CC23CCN1C(=O)O[C@@H]1CN2CCC1CC2. The summed E-state index contributed by atoms with van der Waals surface area (Å²) in [5.41, 5.74) is 2.53. The van der Waals surface area contributed by atoms with Gasteiger partial charge < -0.3 is 4.74 Å². The number of rotatable bonds is 4. The first-order valence-corrected chi connectivity index (χ1v) is 10.7. The number of likely N-dealkylation sites (tertiary alicyclic amines) is 1. The number of carbonyl (C=O) groups excluding carboxylic acids is 1. The maximum atomic E-state index is 13.3. The van der Waals surface area contributed by atoms with Gasteiger partial charge in [-0.05, 0) is 61.8 Å². The minimum absolute atomic E-state index is 0.0393. The predicted octanol–water partition coefficient (Wildman–Crippen LogP) is 4.09. The van der Waals surface area contributed by atoms with Crippen LogP contribution in [0, 0.1) is 17.3 Å². The Morgan fingerprint density at radius 2 is 2.11 bits per heavy atom. The Kier molecular flexibility index (Phi) is 4.35. The van der Waals surface area contributed by atoms with Crippen molar-refractivity contribution in [3.05, 3.63) is 60.8 Å². The van der Waals surface area contributed by atoms with E-state index in [-0.39, 0.29) is 23.7 Å². The van der Waals surface area contributed by atoms with E-state index in [2.05, 4.69) is 36.3 Å². The maximum absolute atomic E-state index is 13.3. The molecule has 1 amide bonds. The third kappa shape index (κ3) is 2.81. The lowest BCUT2D eigenvalue weighted by molar-refractivity contribution is -0.0467. The van der Waals surface area contributed by atoms with Gasteiger partial charge in [0.05, 0.1) is 6.04 Å². The fourth-order valence-corrected chi connectivity index (χ4v) is 5.91. The Balaban J connectivity index is 1.39. The predicted molar refractivity (Wildman–Crippen MR) is 111 cm³/mol. The van der Waals surface area contributed by atoms with E-state index in [1.807, 2.05) is 17.1 Å². The molecule has 0 radical (unpaired) electrons. The van der Waals surface area contributed by atoms with Crippen LogP contribution in [0.2, 0.25) is 0 Å². The molecule has 1 saturated carbocycles. The molecule has 4 heterocycles. The number of allylic oxidation sites excluding steroid dienone is 5. The third-order valence-corrected chi connectivity index (χ3v) is 7.61. The first kappa shape index (κ1) is 18.0. The Labute approximate surface area is 167 Å². The van der Waals surface area contributed by atoms with Crippen molar-refractivity contribution in [3.63, 3.8) is 0 Å². The lowest BCUT2D eigenvalue weighted by atomic mass is 9.76. The number of carbonyl (C=O) groups is 1. The van der Waals surface area contributed by atoms with Gasteiger partial charge in [0, 0.05) is 18.5 Å². The first-order chi connectivity index (χ1) is 13.6. The molecule has 0 aromatic carbocycles. The molecule has 2 unspecified atom stereocenters. The van der Waals surface area contributed by atoms with Gasteiger partial charge >= 0.3 is 6.09 Å². The van der Waals surface area contributed by atoms with E-state index in [9.17, 15) is 4.79 Å². The van der Waals surface area contributed by atoms with Crippen molar-refractivity contribution in [2.24, 2.45) is 17.3 Å². The summed E-state index contributed by atoms with van der Waals surface area (Å²) in [6.45, 7) is 12.0. The highest BCUT2D eigenvalue weighted by molar-refractivity contribution is 5.71. The second-order valence-electron chi connectivity index (χ2n) is 9.05. The van der Waals surface area contributed by atoms with E-state index in [1.54, 1.807) is 6.08 Å². The van der Waals surface area contributed by atoms with Gasteiger partial charge in [-0.2, -0.15) is 0 Å². The second kappa shape index (κ2) is 6.77. The average Bonchev–Trinajstić information content (AvgIpc) is 3.45. The molecular formula is C24H30N2O2. The third-order valence-electron chi connectivity index (χ3n) is 7.61. The molecule has 4 nitrogen and oxygen atoms in total. The zero-order valence-corrected chi connectivity index (χ0v) is 16.6. The molecule has 0 N–H and O–H groups in total. The molecule has 0 aromatic heterocycles. The van der Waals surface area contributed by atoms with Crippen LogP contribution in [0.3, 0.4) is 0 Å². The van der Waals surface area contributed by atoms with Gasteiger partial charge in [-0.15, -0.1) is 0 Å². The summed E-state index contributed by atoms with van der Waals surface area (Å²) >= 11 is 0. The molecule has 1 spiro atoms. The topological polar surface area (TPSA) is 32.8 Å². The van der Waals surface area contributed by atoms with Crippen LogP contribution in [0.5, 0.6) is 0 Å². The van der Waals surface area contributed by atoms with Crippen molar-refractivity contribution < 1.29 is 9.53 Å². The Bertz CT molecular complexity index is 786. The van der Waals surface area contributed by atoms with Crippen LogP contribution in [0.1, 0.15) is 25.7 Å². The van der Waals surface area contributed by atoms with Gasteiger partial charge in [-0.1, -0.05) is 49.6 Å². The number of ether oxygens (including phenoxy) is 1. The highest BCUT2D eigenvalue weighted by atomic mass is 16.6. The van der Waals surface area contributed by atoms with Crippen molar-refractivity contribution in [3.8, 4) is 0 Å². The van der Waals surface area contributed by atoms with E-state index < -0.39 is 0 Å². The monoisotopic (exact) mass is 378 g/mol. The van der Waals surface area contributed by atoms with Crippen LogP contribution in [-0.4, -0.2) is 54.2 Å². The van der Waals surface area contributed by atoms with Crippen LogP contribution in [0.15, 0.2) is 60.8 Å². The van der Waals surface area contributed by atoms with Gasteiger partial charge in [0.1, 0.15) is 6.10 Å². The van der Waals surface area contributed by atoms with Gasteiger partial charge in [0.2, 0.25) is 0 Å². The molecular weight excluding hydrogens is 348 g/mol. The van der Waals surface area contributed by atoms with E-state index >= 15 is 0 Å². The Morgan fingerprint density at radius 1 is 1.29 bits per heavy atom. The summed E-state index contributed by atoms with van der Waals surface area (Å²) in [5.74, 6) is 1.16. The summed E-state index contributed by atoms with van der Waals surface area (Å²) in [5, 5.41) is 0. The standard InChI is InChI=1S/C24H30N2O2/c1-3-4-6-17(2)22-20-8-5-7-19-15-24(19,20)11-14-26(22)23(27)28-21-16-25-12-9-18(21)10-13-25/h3-8,18-19,21-22H,1-2,9-16H2/b6-4-/t19?,21-,22+,24?/m1/s1.